The molecule has 0 amide bonds. The zero-order valence-electron chi connectivity index (χ0n) is 11.4. The third kappa shape index (κ3) is 3.04. The van der Waals surface area contributed by atoms with Gasteiger partial charge in [-0.3, -0.25) is 9.69 Å². The highest BCUT2D eigenvalue weighted by Gasteiger charge is 2.21. The second-order valence-electron chi connectivity index (χ2n) is 5.70. The van der Waals surface area contributed by atoms with Gasteiger partial charge in [-0.15, -0.1) is 0 Å². The summed E-state index contributed by atoms with van der Waals surface area (Å²) in [5, 5.41) is 3.31. The Morgan fingerprint density at radius 3 is 2.74 bits per heavy atom. The lowest BCUT2D eigenvalue weighted by atomic mass is 9.79. The first kappa shape index (κ1) is 12.8. The quantitative estimate of drug-likeness (QED) is 0.839. The maximum Gasteiger partial charge on any atom is 0.176 e. The number of carbonyl (C=O) groups is 1. The van der Waals surface area contributed by atoms with Crippen LogP contribution in [0.5, 0.6) is 0 Å². The summed E-state index contributed by atoms with van der Waals surface area (Å²) < 4.78 is 0. The van der Waals surface area contributed by atoms with Gasteiger partial charge in [0, 0.05) is 31.7 Å². The lowest BCUT2D eigenvalue weighted by Gasteiger charge is -2.27. The summed E-state index contributed by atoms with van der Waals surface area (Å²) in [4.78, 5) is 14.6. The molecule has 2 fully saturated rings. The Morgan fingerprint density at radius 1 is 1.26 bits per heavy atom. The van der Waals surface area contributed by atoms with Crippen LogP contribution in [0.4, 0.5) is 0 Å². The fourth-order valence-electron chi connectivity index (χ4n) is 2.87. The second-order valence-corrected chi connectivity index (χ2v) is 5.70. The Balaban J connectivity index is 1.65. The molecular formula is C16H22N2O. The highest BCUT2D eigenvalue weighted by atomic mass is 16.1. The topological polar surface area (TPSA) is 32.3 Å². The lowest BCUT2D eigenvalue weighted by Crippen LogP contribution is -2.45. The van der Waals surface area contributed by atoms with Crippen molar-refractivity contribution in [2.24, 2.45) is 0 Å². The molecule has 3 rings (SSSR count). The highest BCUT2D eigenvalue weighted by molar-refractivity contribution is 5.97. The first-order valence-corrected chi connectivity index (χ1v) is 7.39. The molecule has 19 heavy (non-hydrogen) atoms. The SMILES string of the molecule is O=C(CN1CCNCC1)c1cccc(C2CCC2)c1. The number of rotatable bonds is 4. The van der Waals surface area contributed by atoms with E-state index in [0.29, 0.717) is 12.5 Å². The molecule has 1 saturated heterocycles. The summed E-state index contributed by atoms with van der Waals surface area (Å²) in [6.45, 7) is 4.52. The maximum atomic E-state index is 12.3. The molecule has 2 aliphatic rings. The number of ketones is 1. The molecule has 1 aliphatic heterocycles. The van der Waals surface area contributed by atoms with E-state index in [1.165, 1.54) is 24.8 Å². The van der Waals surface area contributed by atoms with E-state index in [1.807, 2.05) is 12.1 Å². The summed E-state index contributed by atoms with van der Waals surface area (Å²) >= 11 is 0. The molecule has 0 aromatic heterocycles. The van der Waals surface area contributed by atoms with Gasteiger partial charge in [-0.1, -0.05) is 24.6 Å². The average molecular weight is 258 g/mol. The minimum Gasteiger partial charge on any atom is -0.314 e. The molecule has 1 aromatic carbocycles. The predicted octanol–water partition coefficient (Wildman–Crippen LogP) is 2.04. The Morgan fingerprint density at radius 2 is 2.05 bits per heavy atom. The van der Waals surface area contributed by atoms with Gasteiger partial charge >= 0.3 is 0 Å². The Hall–Kier alpha value is -1.19. The fourth-order valence-corrected chi connectivity index (χ4v) is 2.87. The number of benzene rings is 1. The van der Waals surface area contributed by atoms with E-state index in [2.05, 4.69) is 22.3 Å². The number of hydrogen-bond acceptors (Lipinski definition) is 3. The van der Waals surface area contributed by atoms with Crippen LogP contribution in [0, 0.1) is 0 Å². The Bertz CT molecular complexity index is 448. The van der Waals surface area contributed by atoms with E-state index >= 15 is 0 Å². The first-order valence-electron chi connectivity index (χ1n) is 7.39. The van der Waals surface area contributed by atoms with Gasteiger partial charge in [-0.05, 0) is 30.4 Å². The molecule has 3 heteroatoms. The van der Waals surface area contributed by atoms with Crippen molar-refractivity contribution >= 4 is 5.78 Å². The van der Waals surface area contributed by atoms with Crippen molar-refractivity contribution in [2.75, 3.05) is 32.7 Å². The van der Waals surface area contributed by atoms with E-state index in [0.717, 1.165) is 31.7 Å². The molecule has 0 bridgehead atoms. The molecule has 102 valence electrons. The molecule has 0 spiro atoms. The molecule has 1 saturated carbocycles. The molecular weight excluding hydrogens is 236 g/mol. The summed E-state index contributed by atoms with van der Waals surface area (Å²) in [5.41, 5.74) is 2.25. The van der Waals surface area contributed by atoms with Crippen LogP contribution < -0.4 is 5.32 Å². The van der Waals surface area contributed by atoms with Crippen molar-refractivity contribution in [2.45, 2.75) is 25.2 Å². The van der Waals surface area contributed by atoms with Crippen molar-refractivity contribution in [1.29, 1.82) is 0 Å². The van der Waals surface area contributed by atoms with E-state index in [9.17, 15) is 4.79 Å². The van der Waals surface area contributed by atoms with Crippen LogP contribution in [-0.2, 0) is 0 Å². The smallest absolute Gasteiger partial charge is 0.176 e. The van der Waals surface area contributed by atoms with E-state index < -0.39 is 0 Å². The molecule has 1 N–H and O–H groups in total. The van der Waals surface area contributed by atoms with Crippen molar-refractivity contribution < 1.29 is 4.79 Å². The fraction of sp³-hybridized carbons (Fsp3) is 0.562. The monoisotopic (exact) mass is 258 g/mol. The number of nitrogens with zero attached hydrogens (tertiary/aromatic N) is 1. The van der Waals surface area contributed by atoms with Gasteiger partial charge in [0.1, 0.15) is 0 Å². The van der Waals surface area contributed by atoms with Gasteiger partial charge < -0.3 is 5.32 Å². The standard InChI is InChI=1S/C16H22N2O/c19-16(12-18-9-7-17-8-10-18)15-6-2-5-14(11-15)13-3-1-4-13/h2,5-6,11,13,17H,1,3-4,7-10,12H2. The minimum atomic E-state index is 0.267. The van der Waals surface area contributed by atoms with Crippen LogP contribution in [-0.4, -0.2) is 43.4 Å². The number of carbonyl (C=O) groups excluding carboxylic acids is 1. The third-order valence-electron chi connectivity index (χ3n) is 4.36. The van der Waals surface area contributed by atoms with Crippen LogP contribution >= 0.6 is 0 Å². The van der Waals surface area contributed by atoms with Gasteiger partial charge in [0.15, 0.2) is 5.78 Å². The summed E-state index contributed by atoms with van der Waals surface area (Å²) in [5.74, 6) is 0.968. The second kappa shape index (κ2) is 5.85. The molecule has 0 unspecified atom stereocenters. The third-order valence-corrected chi connectivity index (χ3v) is 4.36. The van der Waals surface area contributed by atoms with Gasteiger partial charge in [-0.25, -0.2) is 0 Å². The van der Waals surface area contributed by atoms with Crippen LogP contribution in [0.15, 0.2) is 24.3 Å². The van der Waals surface area contributed by atoms with Crippen molar-refractivity contribution in [3.8, 4) is 0 Å². The van der Waals surface area contributed by atoms with Gasteiger partial charge in [0.2, 0.25) is 0 Å². The van der Waals surface area contributed by atoms with Crippen molar-refractivity contribution in [3.63, 3.8) is 0 Å². The van der Waals surface area contributed by atoms with E-state index in [1.54, 1.807) is 0 Å². The lowest BCUT2D eigenvalue weighted by molar-refractivity contribution is 0.0921. The summed E-state index contributed by atoms with van der Waals surface area (Å²) in [7, 11) is 0. The molecule has 1 heterocycles. The molecule has 1 aliphatic carbocycles. The number of piperazine rings is 1. The molecule has 1 aromatic rings. The zero-order valence-corrected chi connectivity index (χ0v) is 11.4. The van der Waals surface area contributed by atoms with Crippen LogP contribution in [0.25, 0.3) is 0 Å². The largest absolute Gasteiger partial charge is 0.314 e. The van der Waals surface area contributed by atoms with Crippen molar-refractivity contribution in [3.05, 3.63) is 35.4 Å². The molecule has 0 atom stereocenters. The van der Waals surface area contributed by atoms with Gasteiger partial charge in [0.05, 0.1) is 6.54 Å². The number of Topliss-reactive ketones (excluding diaryl/α,β-unsaturated/α-hetero) is 1. The maximum absolute atomic E-state index is 12.3. The number of nitrogens with one attached hydrogen (secondary N) is 1. The van der Waals surface area contributed by atoms with E-state index in [-0.39, 0.29) is 5.78 Å². The van der Waals surface area contributed by atoms with Gasteiger partial charge in [-0.2, -0.15) is 0 Å². The van der Waals surface area contributed by atoms with Gasteiger partial charge in [0.25, 0.3) is 0 Å². The van der Waals surface area contributed by atoms with Crippen LogP contribution in [0.1, 0.15) is 41.1 Å². The first-order chi connectivity index (χ1) is 9.33. The summed E-state index contributed by atoms with van der Waals surface area (Å²) in [6.07, 6.45) is 3.91. The van der Waals surface area contributed by atoms with Crippen LogP contribution in [0.2, 0.25) is 0 Å². The average Bonchev–Trinajstić information content (AvgIpc) is 2.38. The predicted molar refractivity (Wildman–Crippen MR) is 76.7 cm³/mol. The molecule has 3 nitrogen and oxygen atoms in total. The van der Waals surface area contributed by atoms with Crippen molar-refractivity contribution in [1.82, 2.24) is 10.2 Å². The van der Waals surface area contributed by atoms with Crippen LogP contribution in [0.3, 0.4) is 0 Å². The number of hydrogen-bond donors (Lipinski definition) is 1. The molecule has 0 radical (unpaired) electrons. The normalized spacial score (nSPS) is 21.1. The zero-order chi connectivity index (χ0) is 13.1. The Kier molecular flexibility index (Phi) is 3.95. The van der Waals surface area contributed by atoms with E-state index in [4.69, 9.17) is 0 Å². The minimum absolute atomic E-state index is 0.267. The Labute approximate surface area is 115 Å². The summed E-state index contributed by atoms with van der Waals surface area (Å²) in [6, 6.07) is 8.30. The highest BCUT2D eigenvalue weighted by Crippen LogP contribution is 2.36.